The zero-order chi connectivity index (χ0) is 24.7. The normalized spacial score (nSPS) is 11.3. The molecular weight excluding hydrogens is 531 g/mol. The van der Waals surface area contributed by atoms with E-state index in [0.717, 1.165) is 26.2 Å². The second-order valence-electron chi connectivity index (χ2n) is 8.92. The molecule has 0 unspecified atom stereocenters. The van der Waals surface area contributed by atoms with Gasteiger partial charge in [0, 0.05) is 0 Å². The average molecular weight is 569 g/mol. The summed E-state index contributed by atoms with van der Waals surface area (Å²) in [6.45, 7) is 13.0. The van der Waals surface area contributed by atoms with Crippen molar-refractivity contribution in [3.63, 3.8) is 0 Å². The minimum atomic E-state index is -3.56. The molecule has 0 amide bonds. The number of nitrogens with zero attached hydrogens (tertiary/aromatic N) is 2. The predicted molar refractivity (Wildman–Crippen MR) is 157 cm³/mol. The number of rotatable bonds is 10. The molecule has 0 aromatic heterocycles. The van der Waals surface area contributed by atoms with Crippen molar-refractivity contribution in [1.29, 1.82) is 0 Å². The first kappa shape index (κ1) is 25.4. The van der Waals surface area contributed by atoms with Crippen molar-refractivity contribution < 1.29 is 0 Å². The van der Waals surface area contributed by atoms with Gasteiger partial charge in [-0.1, -0.05) is 0 Å². The Hall–Kier alpha value is -2.72. The second-order valence-corrected chi connectivity index (χ2v) is 19.8. The van der Waals surface area contributed by atoms with Crippen LogP contribution in [0.4, 0.5) is 11.4 Å². The fourth-order valence-electron chi connectivity index (χ4n) is 5.40. The van der Waals surface area contributed by atoms with E-state index in [9.17, 15) is 0 Å². The van der Waals surface area contributed by atoms with Crippen LogP contribution in [-0.2, 0) is 0 Å². The number of hydrogen-bond donors (Lipinski definition) is 0. The van der Waals surface area contributed by atoms with Crippen molar-refractivity contribution >= 4 is 44.1 Å². The molecule has 0 aliphatic rings. The molecule has 0 aliphatic carbocycles. The first-order valence-electron chi connectivity index (χ1n) is 13.0. The van der Waals surface area contributed by atoms with Crippen molar-refractivity contribution in [2.24, 2.45) is 0 Å². The van der Waals surface area contributed by atoms with Crippen LogP contribution < -0.4 is 24.1 Å². The van der Waals surface area contributed by atoms with Crippen LogP contribution in [0.15, 0.2) is 109 Å². The molecule has 0 fully saturated rings. The van der Waals surface area contributed by atoms with Crippen molar-refractivity contribution in [3.8, 4) is 0 Å². The fraction of sp³-hybridized carbons (Fsp3) is 0.250. The summed E-state index contributed by atoms with van der Waals surface area (Å²) < 4.78 is 5.95. The maximum atomic E-state index is 2.42. The second kappa shape index (κ2) is 11.8. The van der Waals surface area contributed by atoms with Gasteiger partial charge in [0.05, 0.1) is 0 Å². The molecule has 4 aromatic rings. The molecule has 0 atom stereocenters. The van der Waals surface area contributed by atoms with Crippen LogP contribution in [0.3, 0.4) is 0 Å². The maximum absolute atomic E-state index is 3.56. The molecule has 0 radical (unpaired) electrons. The summed E-state index contributed by atoms with van der Waals surface area (Å²) in [5, 5.41) is 0. The van der Waals surface area contributed by atoms with Gasteiger partial charge in [-0.25, -0.2) is 0 Å². The summed E-state index contributed by atoms with van der Waals surface area (Å²) in [7, 11) is 0. The summed E-state index contributed by atoms with van der Waals surface area (Å²) in [5.41, 5.74) is 2.61. The van der Waals surface area contributed by atoms with Crippen molar-refractivity contribution in [2.75, 3.05) is 36.0 Å². The SMILES string of the molecule is CCN(CC)c1cc[c]([Sn]([c]2ccccc2)([c]2ccccc2)[c]2ccc(N(CC)CC)cc2)cc1. The van der Waals surface area contributed by atoms with Gasteiger partial charge >= 0.3 is 217 Å². The van der Waals surface area contributed by atoms with Gasteiger partial charge in [-0.2, -0.15) is 0 Å². The molecule has 0 bridgehead atoms. The summed E-state index contributed by atoms with van der Waals surface area (Å²) in [6, 6.07) is 41.6. The van der Waals surface area contributed by atoms with Crippen LogP contribution >= 0.6 is 0 Å². The molecule has 3 heteroatoms. The Morgan fingerprint density at radius 1 is 0.400 bits per heavy atom. The third-order valence-electron chi connectivity index (χ3n) is 7.27. The number of hydrogen-bond acceptors (Lipinski definition) is 2. The van der Waals surface area contributed by atoms with Crippen LogP contribution in [0, 0.1) is 0 Å². The molecule has 180 valence electrons. The van der Waals surface area contributed by atoms with E-state index in [1.807, 2.05) is 0 Å². The Morgan fingerprint density at radius 3 is 0.971 bits per heavy atom. The van der Waals surface area contributed by atoms with E-state index in [1.54, 1.807) is 0 Å². The van der Waals surface area contributed by atoms with Crippen LogP contribution in [0.2, 0.25) is 0 Å². The number of anilines is 2. The van der Waals surface area contributed by atoms with Crippen molar-refractivity contribution in [1.82, 2.24) is 0 Å². The van der Waals surface area contributed by atoms with Crippen LogP contribution in [0.25, 0.3) is 0 Å². The van der Waals surface area contributed by atoms with Crippen LogP contribution in [0.1, 0.15) is 27.7 Å². The summed E-state index contributed by atoms with van der Waals surface area (Å²) in [4.78, 5) is 4.84. The number of benzene rings is 4. The third kappa shape index (κ3) is 4.99. The van der Waals surface area contributed by atoms with Crippen LogP contribution in [0.5, 0.6) is 0 Å². The predicted octanol–water partition coefficient (Wildman–Crippen LogP) is 4.76. The first-order chi connectivity index (χ1) is 17.2. The van der Waals surface area contributed by atoms with Gasteiger partial charge in [0.25, 0.3) is 0 Å². The molecule has 0 N–H and O–H groups in total. The van der Waals surface area contributed by atoms with Gasteiger partial charge in [0.2, 0.25) is 0 Å². The van der Waals surface area contributed by atoms with Gasteiger partial charge in [-0.15, -0.1) is 0 Å². The topological polar surface area (TPSA) is 6.48 Å². The quantitative estimate of drug-likeness (QED) is 0.255. The molecule has 35 heavy (non-hydrogen) atoms. The average Bonchev–Trinajstić information content (AvgIpc) is 2.93. The summed E-state index contributed by atoms with van der Waals surface area (Å²) in [5.74, 6) is 0. The van der Waals surface area contributed by atoms with Gasteiger partial charge in [0.1, 0.15) is 0 Å². The fourth-order valence-corrected chi connectivity index (χ4v) is 18.9. The molecule has 4 rings (SSSR count). The van der Waals surface area contributed by atoms with Crippen molar-refractivity contribution in [3.05, 3.63) is 109 Å². The molecule has 0 spiro atoms. The Morgan fingerprint density at radius 2 is 0.686 bits per heavy atom. The van der Waals surface area contributed by atoms with E-state index in [2.05, 4.69) is 147 Å². The zero-order valence-electron chi connectivity index (χ0n) is 21.6. The summed E-state index contributed by atoms with van der Waals surface area (Å²) in [6.07, 6.45) is 0. The van der Waals surface area contributed by atoms with E-state index in [0.29, 0.717) is 0 Å². The third-order valence-corrected chi connectivity index (χ3v) is 21.0. The Kier molecular flexibility index (Phi) is 8.56. The Bertz CT molecular complexity index is 1070. The van der Waals surface area contributed by atoms with Gasteiger partial charge in [0.15, 0.2) is 0 Å². The Balaban J connectivity index is 1.97. The molecule has 0 heterocycles. The van der Waals surface area contributed by atoms with E-state index in [4.69, 9.17) is 0 Å². The van der Waals surface area contributed by atoms with Crippen LogP contribution in [-0.4, -0.2) is 44.6 Å². The molecule has 0 saturated carbocycles. The van der Waals surface area contributed by atoms with Gasteiger partial charge < -0.3 is 0 Å². The molecule has 4 aromatic carbocycles. The van der Waals surface area contributed by atoms with Gasteiger partial charge in [-0.05, 0) is 0 Å². The van der Waals surface area contributed by atoms with Gasteiger partial charge in [-0.3, -0.25) is 0 Å². The first-order valence-corrected chi connectivity index (χ1v) is 18.7. The minimum absolute atomic E-state index is 1.02. The van der Waals surface area contributed by atoms with E-state index >= 15 is 0 Å². The van der Waals surface area contributed by atoms with E-state index in [1.165, 1.54) is 25.7 Å². The molecule has 0 saturated heterocycles. The van der Waals surface area contributed by atoms with Crippen molar-refractivity contribution in [2.45, 2.75) is 27.7 Å². The van der Waals surface area contributed by atoms with E-state index in [-0.39, 0.29) is 0 Å². The molecule has 2 nitrogen and oxygen atoms in total. The Labute approximate surface area is 216 Å². The monoisotopic (exact) mass is 570 g/mol. The van der Waals surface area contributed by atoms with E-state index < -0.39 is 18.4 Å². The summed E-state index contributed by atoms with van der Waals surface area (Å²) >= 11 is -3.56. The molecule has 0 aliphatic heterocycles. The standard InChI is InChI=1S/2C10H14N.2C6H5.Sn/c2*1-3-11(4-2)10-8-6-5-7-9-10;2*1-2-4-6-5-3-1;/h2*6-9H,3-4H2,1-2H3;2*1-5H;. The zero-order valence-corrected chi connectivity index (χ0v) is 24.5. The molecular formula is C32H38N2Sn.